The molecule has 2 aromatic rings. The van der Waals surface area contributed by atoms with Gasteiger partial charge in [-0.1, -0.05) is 31.4 Å². The number of allylic oxidation sites excluding steroid dienone is 2. The van der Waals surface area contributed by atoms with E-state index < -0.39 is 5.83 Å². The molecule has 156 valence electrons. The summed E-state index contributed by atoms with van der Waals surface area (Å²) in [7, 11) is 0. The summed E-state index contributed by atoms with van der Waals surface area (Å²) in [5, 5.41) is 2.71. The van der Waals surface area contributed by atoms with Gasteiger partial charge in [0.1, 0.15) is 5.83 Å². The van der Waals surface area contributed by atoms with E-state index in [4.69, 9.17) is 4.74 Å². The number of nitrogens with zero attached hydrogens (tertiary/aromatic N) is 2. The van der Waals surface area contributed by atoms with Crippen LogP contribution in [-0.4, -0.2) is 43.7 Å². The Kier molecular flexibility index (Phi) is 7.51. The Morgan fingerprint density at radius 1 is 1.17 bits per heavy atom. The minimum atomic E-state index is -0.482. The molecule has 0 saturated carbocycles. The van der Waals surface area contributed by atoms with Crippen molar-refractivity contribution >= 4 is 11.6 Å². The summed E-state index contributed by atoms with van der Waals surface area (Å²) in [5.41, 5.74) is 4.38. The maximum atomic E-state index is 13.1. The van der Waals surface area contributed by atoms with Crippen molar-refractivity contribution in [1.82, 2.24) is 10.3 Å². The number of hydrogen-bond donors (Lipinski definition) is 1. The van der Waals surface area contributed by atoms with Crippen LogP contribution in [0.5, 0.6) is 0 Å². The summed E-state index contributed by atoms with van der Waals surface area (Å²) in [6, 6.07) is 12.2. The number of halogens is 1. The van der Waals surface area contributed by atoms with E-state index in [0.29, 0.717) is 11.3 Å². The van der Waals surface area contributed by atoms with Crippen LogP contribution < -0.4 is 10.2 Å². The van der Waals surface area contributed by atoms with Crippen molar-refractivity contribution in [2.75, 3.05) is 37.7 Å². The minimum Gasteiger partial charge on any atom is -0.378 e. The van der Waals surface area contributed by atoms with Gasteiger partial charge >= 0.3 is 0 Å². The number of morpholine rings is 1. The Hall–Kier alpha value is -3.25. The van der Waals surface area contributed by atoms with E-state index in [0.717, 1.165) is 43.5 Å². The average molecular weight is 407 g/mol. The fourth-order valence-electron chi connectivity index (χ4n) is 3.13. The number of pyridine rings is 1. The number of carbonyl (C=O) groups is 1. The third kappa shape index (κ3) is 6.12. The second-order valence-electron chi connectivity index (χ2n) is 7.03. The molecule has 2 heterocycles. The Morgan fingerprint density at radius 2 is 1.87 bits per heavy atom. The first-order valence-corrected chi connectivity index (χ1v) is 9.87. The summed E-state index contributed by atoms with van der Waals surface area (Å²) in [6.45, 7) is 10.5. The molecule has 0 unspecified atom stereocenters. The van der Waals surface area contributed by atoms with Gasteiger partial charge in [-0.3, -0.25) is 9.78 Å². The Balaban J connectivity index is 1.53. The van der Waals surface area contributed by atoms with E-state index >= 15 is 0 Å². The fourth-order valence-corrected chi connectivity index (χ4v) is 3.13. The van der Waals surface area contributed by atoms with Gasteiger partial charge in [-0.15, -0.1) is 0 Å². The number of anilines is 1. The molecular weight excluding hydrogens is 381 g/mol. The van der Waals surface area contributed by atoms with Crippen molar-refractivity contribution in [1.29, 1.82) is 0 Å². The van der Waals surface area contributed by atoms with Crippen molar-refractivity contribution < 1.29 is 13.9 Å². The lowest BCUT2D eigenvalue weighted by Gasteiger charge is -2.28. The molecule has 1 amide bonds. The van der Waals surface area contributed by atoms with Gasteiger partial charge in [0.15, 0.2) is 0 Å². The highest BCUT2D eigenvalue weighted by Crippen LogP contribution is 2.23. The predicted molar refractivity (Wildman–Crippen MR) is 118 cm³/mol. The molecule has 1 fully saturated rings. The lowest BCUT2D eigenvalue weighted by atomic mass is 10.1. The number of hydrogen-bond acceptors (Lipinski definition) is 4. The molecule has 1 aromatic heterocycles. The van der Waals surface area contributed by atoms with Gasteiger partial charge in [0, 0.05) is 42.8 Å². The van der Waals surface area contributed by atoms with Crippen LogP contribution in [0.1, 0.15) is 5.69 Å². The smallest absolute Gasteiger partial charge is 0.226 e. The molecule has 30 heavy (non-hydrogen) atoms. The van der Waals surface area contributed by atoms with E-state index in [-0.39, 0.29) is 18.9 Å². The van der Waals surface area contributed by atoms with Crippen LogP contribution in [0.25, 0.3) is 11.1 Å². The lowest BCUT2D eigenvalue weighted by Crippen LogP contribution is -2.36. The van der Waals surface area contributed by atoms with Gasteiger partial charge in [0.2, 0.25) is 5.91 Å². The van der Waals surface area contributed by atoms with Crippen LogP contribution in [-0.2, 0) is 16.0 Å². The first-order chi connectivity index (χ1) is 14.5. The fraction of sp³-hybridized carbons (Fsp3) is 0.250. The zero-order valence-corrected chi connectivity index (χ0v) is 16.9. The summed E-state index contributed by atoms with van der Waals surface area (Å²) in [5.74, 6) is -0.678. The molecule has 1 aromatic carbocycles. The minimum absolute atomic E-state index is 0.150. The second kappa shape index (κ2) is 10.5. The van der Waals surface area contributed by atoms with Gasteiger partial charge in [0.05, 0.1) is 19.6 Å². The van der Waals surface area contributed by atoms with Gasteiger partial charge < -0.3 is 15.0 Å². The number of ether oxygens (including phenoxy) is 1. The molecule has 1 aliphatic rings. The summed E-state index contributed by atoms with van der Waals surface area (Å²) in [6.07, 6.45) is 4.25. The lowest BCUT2D eigenvalue weighted by molar-refractivity contribution is -0.120. The monoisotopic (exact) mass is 407 g/mol. The Labute approximate surface area is 176 Å². The highest BCUT2D eigenvalue weighted by atomic mass is 19.1. The molecule has 1 N–H and O–H groups in total. The van der Waals surface area contributed by atoms with E-state index in [1.54, 1.807) is 6.20 Å². The standard InChI is InChI=1S/C24H26FN3O2/c1-3-21(25)14-18(2)16-27-24(29)15-22-7-4-20(17-26-22)19-5-8-23(9-6-19)28-10-12-30-13-11-28/h3-9,14,17H,1-2,10-13,15-16H2,(H,27,29)/b21-14+. The van der Waals surface area contributed by atoms with E-state index in [2.05, 4.69) is 52.6 Å². The van der Waals surface area contributed by atoms with E-state index in [1.807, 2.05) is 12.1 Å². The zero-order chi connectivity index (χ0) is 21.3. The van der Waals surface area contributed by atoms with Gasteiger partial charge in [0.25, 0.3) is 0 Å². The van der Waals surface area contributed by atoms with Crippen LogP contribution in [0.15, 0.2) is 79.3 Å². The van der Waals surface area contributed by atoms with Crippen molar-refractivity contribution in [3.05, 3.63) is 85.0 Å². The first kappa shape index (κ1) is 21.5. The molecule has 0 spiro atoms. The number of nitrogens with one attached hydrogen (secondary N) is 1. The summed E-state index contributed by atoms with van der Waals surface area (Å²) < 4.78 is 18.5. The van der Waals surface area contributed by atoms with Crippen molar-refractivity contribution in [3.63, 3.8) is 0 Å². The molecule has 0 radical (unpaired) electrons. The van der Waals surface area contributed by atoms with Crippen LogP contribution in [0, 0.1) is 0 Å². The molecule has 1 aliphatic heterocycles. The van der Waals surface area contributed by atoms with E-state index in [9.17, 15) is 9.18 Å². The number of aromatic nitrogens is 1. The molecule has 0 bridgehead atoms. The second-order valence-corrected chi connectivity index (χ2v) is 7.03. The quantitative estimate of drug-likeness (QED) is 0.676. The van der Waals surface area contributed by atoms with Crippen molar-refractivity contribution in [2.45, 2.75) is 6.42 Å². The summed E-state index contributed by atoms with van der Waals surface area (Å²) in [4.78, 5) is 18.8. The molecule has 5 nitrogen and oxygen atoms in total. The molecule has 0 aliphatic carbocycles. The highest BCUT2D eigenvalue weighted by Gasteiger charge is 2.11. The maximum Gasteiger partial charge on any atom is 0.226 e. The van der Waals surface area contributed by atoms with Crippen LogP contribution in [0.4, 0.5) is 10.1 Å². The zero-order valence-electron chi connectivity index (χ0n) is 16.9. The third-order valence-corrected chi connectivity index (χ3v) is 4.79. The number of benzene rings is 1. The molecular formula is C24H26FN3O2. The largest absolute Gasteiger partial charge is 0.378 e. The number of amides is 1. The Bertz CT molecular complexity index is 914. The molecule has 0 atom stereocenters. The highest BCUT2D eigenvalue weighted by molar-refractivity contribution is 5.78. The number of carbonyl (C=O) groups excluding carboxylic acids is 1. The molecule has 6 heteroatoms. The van der Waals surface area contributed by atoms with Gasteiger partial charge in [-0.2, -0.15) is 0 Å². The Morgan fingerprint density at radius 3 is 2.50 bits per heavy atom. The van der Waals surface area contributed by atoms with Gasteiger partial charge in [-0.25, -0.2) is 4.39 Å². The van der Waals surface area contributed by atoms with Crippen molar-refractivity contribution in [2.24, 2.45) is 0 Å². The number of rotatable bonds is 8. The maximum absolute atomic E-state index is 13.1. The SMILES string of the molecule is C=C/C(F)=C\C(=C)CNC(=O)Cc1ccc(-c2ccc(N3CCOCC3)cc2)cn1. The predicted octanol–water partition coefficient (Wildman–Crippen LogP) is 3.84. The van der Waals surface area contributed by atoms with E-state index in [1.165, 1.54) is 11.8 Å². The molecule has 1 saturated heterocycles. The summed E-state index contributed by atoms with van der Waals surface area (Å²) >= 11 is 0. The van der Waals surface area contributed by atoms with Crippen LogP contribution >= 0.6 is 0 Å². The topological polar surface area (TPSA) is 54.5 Å². The molecule has 3 rings (SSSR count). The third-order valence-electron chi connectivity index (χ3n) is 4.79. The normalized spacial score (nSPS) is 14.3. The van der Waals surface area contributed by atoms with Crippen LogP contribution in [0.3, 0.4) is 0 Å². The van der Waals surface area contributed by atoms with Gasteiger partial charge in [-0.05, 0) is 41.5 Å². The first-order valence-electron chi connectivity index (χ1n) is 9.87. The van der Waals surface area contributed by atoms with Crippen molar-refractivity contribution in [3.8, 4) is 11.1 Å². The van der Waals surface area contributed by atoms with Crippen LogP contribution in [0.2, 0.25) is 0 Å². The average Bonchev–Trinajstić information content (AvgIpc) is 2.79.